The topological polar surface area (TPSA) is 28.1 Å². The molecule has 0 aromatic carbocycles. The summed E-state index contributed by atoms with van der Waals surface area (Å²) in [6, 6.07) is 0. The van der Waals surface area contributed by atoms with Crippen LogP contribution in [-0.4, -0.2) is 4.98 Å². The first-order valence-corrected chi connectivity index (χ1v) is 5.20. The minimum atomic E-state index is 0.841. The van der Waals surface area contributed by atoms with Gasteiger partial charge in [0.05, 0.1) is 9.82 Å². The molecule has 1 aliphatic heterocycles. The number of hydrogen-bond donors (Lipinski definition) is 1. The van der Waals surface area contributed by atoms with Crippen molar-refractivity contribution in [2.45, 2.75) is 12.8 Å². The number of H-pyrrole nitrogens is 1. The summed E-state index contributed by atoms with van der Waals surface area (Å²) in [7, 11) is 0. The van der Waals surface area contributed by atoms with Gasteiger partial charge in [-0.3, -0.25) is 4.99 Å². The summed E-state index contributed by atoms with van der Waals surface area (Å²) in [5, 5.41) is 2.66. The Balaban J connectivity index is 2.82. The first-order valence-electron chi connectivity index (χ1n) is 4.03. The van der Waals surface area contributed by atoms with Crippen molar-refractivity contribution in [2.75, 3.05) is 0 Å². The van der Waals surface area contributed by atoms with Crippen LogP contribution in [0.3, 0.4) is 0 Å². The maximum atomic E-state index is 6.11. The Labute approximate surface area is 89.1 Å². The maximum Gasteiger partial charge on any atom is 0.103 e. The molecule has 68 valence electrons. The lowest BCUT2D eigenvalue weighted by molar-refractivity contribution is 1.05. The van der Waals surface area contributed by atoms with E-state index in [0.29, 0.717) is 0 Å². The largest absolute Gasteiger partial charge is 0.358 e. The standard InChI is InChI=1S/C9H8BrClN2/c10-6-5-13-9-7(11)3-1-2-4-12-8(6)9/h2,4-5,13H,1,3H2. The third-order valence-corrected chi connectivity index (χ3v) is 2.90. The van der Waals surface area contributed by atoms with E-state index in [9.17, 15) is 0 Å². The fourth-order valence-electron chi connectivity index (χ4n) is 1.26. The molecule has 4 heteroatoms. The summed E-state index contributed by atoms with van der Waals surface area (Å²) in [6.07, 6.45) is 7.51. The van der Waals surface area contributed by atoms with Gasteiger partial charge in [-0.25, -0.2) is 0 Å². The lowest BCUT2D eigenvalue weighted by atomic mass is 10.2. The average molecular weight is 260 g/mol. The molecule has 2 nitrogen and oxygen atoms in total. The maximum absolute atomic E-state index is 6.11. The summed E-state index contributed by atoms with van der Waals surface area (Å²) in [6.45, 7) is 0. The second-order valence-electron chi connectivity index (χ2n) is 2.82. The minimum Gasteiger partial charge on any atom is -0.358 e. The average Bonchev–Trinajstić information content (AvgIpc) is 2.43. The van der Waals surface area contributed by atoms with Gasteiger partial charge in [-0.15, -0.1) is 0 Å². The molecule has 1 aliphatic rings. The van der Waals surface area contributed by atoms with E-state index in [1.54, 1.807) is 0 Å². The molecular formula is C9H8BrClN2. The number of halogens is 2. The van der Waals surface area contributed by atoms with Crippen LogP contribution in [0.5, 0.6) is 0 Å². The van der Waals surface area contributed by atoms with Crippen molar-refractivity contribution >= 4 is 32.6 Å². The van der Waals surface area contributed by atoms with Crippen molar-refractivity contribution < 1.29 is 0 Å². The van der Waals surface area contributed by atoms with Crippen molar-refractivity contribution in [3.8, 4) is 0 Å². The van der Waals surface area contributed by atoms with Crippen LogP contribution in [0.2, 0.25) is 0 Å². The number of nitrogens with zero attached hydrogens (tertiary/aromatic N) is 1. The van der Waals surface area contributed by atoms with Crippen molar-refractivity contribution in [2.24, 2.45) is 4.99 Å². The number of aromatic nitrogens is 1. The van der Waals surface area contributed by atoms with Crippen LogP contribution in [0.1, 0.15) is 12.8 Å². The number of rotatable bonds is 0. The molecule has 0 saturated heterocycles. The van der Waals surface area contributed by atoms with Gasteiger partial charge in [-0.05, 0) is 28.8 Å². The van der Waals surface area contributed by atoms with Gasteiger partial charge in [0.1, 0.15) is 5.36 Å². The van der Waals surface area contributed by atoms with Crippen molar-refractivity contribution in [3.05, 3.63) is 33.7 Å². The van der Waals surface area contributed by atoms with Crippen molar-refractivity contribution in [3.63, 3.8) is 0 Å². The van der Waals surface area contributed by atoms with Crippen LogP contribution >= 0.6 is 27.5 Å². The highest BCUT2D eigenvalue weighted by Gasteiger charge is 2.02. The second kappa shape index (κ2) is 3.68. The monoisotopic (exact) mass is 258 g/mol. The van der Waals surface area contributed by atoms with Crippen LogP contribution in [0.15, 0.2) is 27.9 Å². The van der Waals surface area contributed by atoms with Crippen molar-refractivity contribution in [1.82, 2.24) is 4.98 Å². The zero-order chi connectivity index (χ0) is 9.26. The number of nitrogens with one attached hydrogen (secondary N) is 1. The molecule has 0 spiro atoms. The highest BCUT2D eigenvalue weighted by molar-refractivity contribution is 9.10. The van der Waals surface area contributed by atoms with Crippen LogP contribution in [0, 0.1) is 0 Å². The van der Waals surface area contributed by atoms with Gasteiger partial charge >= 0.3 is 0 Å². The van der Waals surface area contributed by atoms with Gasteiger partial charge in [0, 0.05) is 17.4 Å². The van der Waals surface area contributed by atoms with Gasteiger partial charge in [-0.1, -0.05) is 17.7 Å². The van der Waals surface area contributed by atoms with E-state index in [1.807, 2.05) is 18.5 Å². The molecule has 0 aliphatic carbocycles. The molecule has 0 fully saturated rings. The molecule has 0 amide bonds. The van der Waals surface area contributed by atoms with E-state index in [-0.39, 0.29) is 0 Å². The van der Waals surface area contributed by atoms with E-state index < -0.39 is 0 Å². The number of fused-ring (bicyclic) bond motifs is 1. The lowest BCUT2D eigenvalue weighted by Gasteiger charge is -1.95. The molecule has 0 unspecified atom stereocenters. The van der Waals surface area contributed by atoms with Crippen molar-refractivity contribution in [1.29, 1.82) is 0 Å². The fourth-order valence-corrected chi connectivity index (χ4v) is 1.93. The molecular weight excluding hydrogens is 251 g/mol. The zero-order valence-corrected chi connectivity index (χ0v) is 9.19. The summed E-state index contributed by atoms with van der Waals surface area (Å²) in [5.74, 6) is 0. The van der Waals surface area contributed by atoms with Gasteiger partial charge in [0.2, 0.25) is 0 Å². The molecule has 2 heterocycles. The Bertz CT molecular complexity index is 458. The molecule has 0 bridgehead atoms. The Kier molecular flexibility index (Phi) is 2.56. The van der Waals surface area contributed by atoms with E-state index in [1.165, 1.54) is 0 Å². The zero-order valence-electron chi connectivity index (χ0n) is 6.85. The summed E-state index contributed by atoms with van der Waals surface area (Å²) in [5.41, 5.74) is 0. The molecule has 0 saturated carbocycles. The molecule has 1 aromatic heterocycles. The number of aromatic amines is 1. The Morgan fingerprint density at radius 2 is 2.38 bits per heavy atom. The van der Waals surface area contributed by atoms with Crippen LogP contribution < -0.4 is 10.7 Å². The number of allylic oxidation sites excluding steroid dienone is 1. The Morgan fingerprint density at radius 1 is 1.54 bits per heavy atom. The van der Waals surface area contributed by atoms with E-state index in [2.05, 4.69) is 25.9 Å². The van der Waals surface area contributed by atoms with Gasteiger partial charge in [0.25, 0.3) is 0 Å². The normalized spacial score (nSPS) is 16.0. The summed E-state index contributed by atoms with van der Waals surface area (Å²) < 4.78 is 0.951. The quantitative estimate of drug-likeness (QED) is 0.739. The molecule has 13 heavy (non-hydrogen) atoms. The van der Waals surface area contributed by atoms with Crippen LogP contribution in [0.4, 0.5) is 0 Å². The molecule has 2 rings (SSSR count). The lowest BCUT2D eigenvalue weighted by Crippen LogP contribution is -2.25. The van der Waals surface area contributed by atoms with Gasteiger partial charge < -0.3 is 4.98 Å². The first-order chi connectivity index (χ1) is 6.29. The van der Waals surface area contributed by atoms with Crippen LogP contribution in [0.25, 0.3) is 5.03 Å². The third-order valence-electron chi connectivity index (χ3n) is 1.92. The van der Waals surface area contributed by atoms with Crippen LogP contribution in [-0.2, 0) is 0 Å². The highest BCUT2D eigenvalue weighted by Crippen LogP contribution is 2.11. The SMILES string of the molecule is ClC1=c2[nH]cc(Br)c2=NC=CCC1. The van der Waals surface area contributed by atoms with E-state index in [0.717, 1.165) is 33.1 Å². The molecule has 0 radical (unpaired) electrons. The Morgan fingerprint density at radius 3 is 3.23 bits per heavy atom. The third kappa shape index (κ3) is 1.71. The number of hydrogen-bond acceptors (Lipinski definition) is 1. The fraction of sp³-hybridized carbons (Fsp3) is 0.222. The minimum absolute atomic E-state index is 0.841. The predicted octanol–water partition coefficient (Wildman–Crippen LogP) is 2.05. The molecule has 1 aromatic rings. The van der Waals surface area contributed by atoms with E-state index in [4.69, 9.17) is 11.6 Å². The Hall–Kier alpha value is -0.540. The molecule has 1 N–H and O–H groups in total. The van der Waals surface area contributed by atoms with Gasteiger partial charge in [-0.2, -0.15) is 0 Å². The smallest absolute Gasteiger partial charge is 0.103 e. The summed E-state index contributed by atoms with van der Waals surface area (Å²) >= 11 is 9.52. The molecule has 0 atom stereocenters. The van der Waals surface area contributed by atoms with E-state index >= 15 is 0 Å². The predicted molar refractivity (Wildman–Crippen MR) is 56.9 cm³/mol. The second-order valence-corrected chi connectivity index (χ2v) is 4.13. The van der Waals surface area contributed by atoms with Gasteiger partial charge in [0.15, 0.2) is 0 Å². The first kappa shape index (κ1) is 9.03. The summed E-state index contributed by atoms with van der Waals surface area (Å²) in [4.78, 5) is 7.39. The highest BCUT2D eigenvalue weighted by atomic mass is 79.9.